The second kappa shape index (κ2) is 3.39. The molecule has 0 aliphatic rings. The van der Waals surface area contributed by atoms with Gasteiger partial charge in [0.2, 0.25) is 0 Å². The largest absolute Gasteiger partial charge is 0.466 e. The van der Waals surface area contributed by atoms with E-state index in [0.717, 1.165) is 0 Å². The summed E-state index contributed by atoms with van der Waals surface area (Å²) in [4.78, 5) is 0. The summed E-state index contributed by atoms with van der Waals surface area (Å²) in [6.07, 6.45) is 0.593. The van der Waals surface area contributed by atoms with Gasteiger partial charge in [0.15, 0.2) is 6.10 Å². The standard InChI is InChI=1S/C7H9O3/c1-9-5-6(8)7-3-2-4-10-7/h2-4,6H,5H2,1H3. The van der Waals surface area contributed by atoms with Gasteiger partial charge < -0.3 is 9.15 Å². The van der Waals surface area contributed by atoms with Crippen LogP contribution in [0.15, 0.2) is 22.8 Å². The average Bonchev–Trinajstić information content (AvgIpc) is 2.38. The van der Waals surface area contributed by atoms with Crippen LogP contribution in [0, 0.1) is 0 Å². The average molecular weight is 141 g/mol. The van der Waals surface area contributed by atoms with Gasteiger partial charge in [0, 0.05) is 7.11 Å². The second-order valence-corrected chi connectivity index (χ2v) is 1.96. The van der Waals surface area contributed by atoms with E-state index >= 15 is 0 Å². The minimum absolute atomic E-state index is 0.160. The quantitative estimate of drug-likeness (QED) is 0.638. The van der Waals surface area contributed by atoms with Crippen LogP contribution in [0.3, 0.4) is 0 Å². The Labute approximate surface area is 59.2 Å². The Morgan fingerprint density at radius 3 is 3.10 bits per heavy atom. The highest BCUT2D eigenvalue weighted by Gasteiger charge is 2.10. The maximum absolute atomic E-state index is 11.0. The molecule has 0 saturated carbocycles. The molecule has 10 heavy (non-hydrogen) atoms. The predicted molar refractivity (Wildman–Crippen MR) is 34.0 cm³/mol. The normalized spacial score (nSPS) is 13.4. The van der Waals surface area contributed by atoms with E-state index in [9.17, 15) is 5.11 Å². The molecular weight excluding hydrogens is 132 g/mol. The first-order valence-corrected chi connectivity index (χ1v) is 3.02. The van der Waals surface area contributed by atoms with E-state index in [2.05, 4.69) is 4.74 Å². The molecule has 0 aliphatic heterocycles. The molecule has 1 atom stereocenters. The van der Waals surface area contributed by atoms with Crippen molar-refractivity contribution in [3.8, 4) is 0 Å². The second-order valence-electron chi connectivity index (χ2n) is 1.96. The maximum atomic E-state index is 11.0. The van der Waals surface area contributed by atoms with Gasteiger partial charge in [-0.25, -0.2) is 5.11 Å². The van der Waals surface area contributed by atoms with E-state index < -0.39 is 6.10 Å². The molecule has 1 radical (unpaired) electrons. The third-order valence-corrected chi connectivity index (χ3v) is 1.18. The van der Waals surface area contributed by atoms with Crippen molar-refractivity contribution in [3.63, 3.8) is 0 Å². The number of hydrogen-bond acceptors (Lipinski definition) is 2. The van der Waals surface area contributed by atoms with Gasteiger partial charge in [-0.15, -0.1) is 0 Å². The van der Waals surface area contributed by atoms with E-state index in [-0.39, 0.29) is 6.61 Å². The third-order valence-electron chi connectivity index (χ3n) is 1.18. The topological polar surface area (TPSA) is 42.3 Å². The molecule has 0 N–H and O–H groups in total. The van der Waals surface area contributed by atoms with Crippen molar-refractivity contribution in [3.05, 3.63) is 24.2 Å². The third kappa shape index (κ3) is 1.59. The lowest BCUT2D eigenvalue weighted by molar-refractivity contribution is 0.00106. The molecule has 1 unspecified atom stereocenters. The van der Waals surface area contributed by atoms with Crippen molar-refractivity contribution in [1.29, 1.82) is 0 Å². The predicted octanol–water partition coefficient (Wildman–Crippen LogP) is 1.40. The summed E-state index contributed by atoms with van der Waals surface area (Å²) in [6.45, 7) is 0.160. The number of rotatable bonds is 3. The molecule has 3 nitrogen and oxygen atoms in total. The van der Waals surface area contributed by atoms with Crippen molar-refractivity contribution >= 4 is 0 Å². The van der Waals surface area contributed by atoms with Crippen LogP contribution in [-0.2, 0) is 9.84 Å². The molecule has 3 heteroatoms. The number of hydrogen-bond donors (Lipinski definition) is 0. The Kier molecular flexibility index (Phi) is 2.48. The Balaban J connectivity index is 2.50. The van der Waals surface area contributed by atoms with Crippen LogP contribution in [0.1, 0.15) is 11.9 Å². The van der Waals surface area contributed by atoms with Crippen LogP contribution in [0.5, 0.6) is 0 Å². The lowest BCUT2D eigenvalue weighted by Crippen LogP contribution is -2.01. The van der Waals surface area contributed by atoms with Crippen LogP contribution in [-0.4, -0.2) is 13.7 Å². The van der Waals surface area contributed by atoms with Gasteiger partial charge >= 0.3 is 0 Å². The molecule has 0 aliphatic carbocycles. The van der Waals surface area contributed by atoms with E-state index in [4.69, 9.17) is 4.42 Å². The summed E-state index contributed by atoms with van der Waals surface area (Å²) in [5.41, 5.74) is 0. The van der Waals surface area contributed by atoms with Crippen molar-refractivity contribution in [1.82, 2.24) is 0 Å². The Morgan fingerprint density at radius 2 is 2.60 bits per heavy atom. The monoisotopic (exact) mass is 141 g/mol. The maximum Gasteiger partial charge on any atom is 0.173 e. The molecule has 0 fully saturated rings. The summed E-state index contributed by atoms with van der Waals surface area (Å²) in [6, 6.07) is 3.34. The van der Waals surface area contributed by atoms with Crippen molar-refractivity contribution in [2.24, 2.45) is 0 Å². The van der Waals surface area contributed by atoms with Crippen LogP contribution in [0.4, 0.5) is 0 Å². The van der Waals surface area contributed by atoms with E-state index in [1.807, 2.05) is 0 Å². The highest BCUT2D eigenvalue weighted by Crippen LogP contribution is 2.12. The molecular formula is C7H9O3. The highest BCUT2D eigenvalue weighted by atomic mass is 16.5. The van der Waals surface area contributed by atoms with Crippen molar-refractivity contribution in [2.75, 3.05) is 13.7 Å². The van der Waals surface area contributed by atoms with Crippen LogP contribution < -0.4 is 0 Å². The van der Waals surface area contributed by atoms with Crippen LogP contribution in [0.25, 0.3) is 0 Å². The van der Waals surface area contributed by atoms with Crippen LogP contribution >= 0.6 is 0 Å². The smallest absolute Gasteiger partial charge is 0.173 e. The fraction of sp³-hybridized carbons (Fsp3) is 0.429. The summed E-state index contributed by atoms with van der Waals surface area (Å²) in [7, 11) is 1.49. The molecule has 0 saturated heterocycles. The highest BCUT2D eigenvalue weighted by molar-refractivity contribution is 5.01. The van der Waals surface area contributed by atoms with Gasteiger partial charge in [0.1, 0.15) is 5.76 Å². The number of ether oxygens (including phenoxy) is 1. The van der Waals surface area contributed by atoms with E-state index in [1.165, 1.54) is 13.4 Å². The summed E-state index contributed by atoms with van der Waals surface area (Å²) >= 11 is 0. The van der Waals surface area contributed by atoms with Gasteiger partial charge in [-0.2, -0.15) is 0 Å². The molecule has 0 amide bonds. The Bertz CT molecular complexity index is 169. The lowest BCUT2D eigenvalue weighted by Gasteiger charge is -2.01. The summed E-state index contributed by atoms with van der Waals surface area (Å²) < 4.78 is 9.51. The molecule has 1 aromatic heterocycles. The van der Waals surface area contributed by atoms with Crippen molar-refractivity contribution < 1.29 is 14.3 Å². The van der Waals surface area contributed by atoms with Gasteiger partial charge in [0.25, 0.3) is 0 Å². The van der Waals surface area contributed by atoms with E-state index in [0.29, 0.717) is 5.76 Å². The van der Waals surface area contributed by atoms with Gasteiger partial charge in [-0.1, -0.05) is 0 Å². The van der Waals surface area contributed by atoms with Crippen LogP contribution in [0.2, 0.25) is 0 Å². The summed E-state index contributed by atoms with van der Waals surface area (Å²) in [5, 5.41) is 11.0. The van der Waals surface area contributed by atoms with Gasteiger partial charge in [-0.05, 0) is 12.1 Å². The fourth-order valence-electron chi connectivity index (χ4n) is 0.708. The lowest BCUT2D eigenvalue weighted by atomic mass is 10.3. The molecule has 1 aromatic rings. The fourth-order valence-corrected chi connectivity index (χ4v) is 0.708. The van der Waals surface area contributed by atoms with Gasteiger partial charge in [-0.3, -0.25) is 0 Å². The first-order chi connectivity index (χ1) is 4.84. The van der Waals surface area contributed by atoms with E-state index in [1.54, 1.807) is 12.1 Å². The SMILES string of the molecule is COCC([O])c1ccco1. The number of methoxy groups -OCH3 is 1. The zero-order valence-electron chi connectivity index (χ0n) is 5.74. The first kappa shape index (κ1) is 7.31. The summed E-state index contributed by atoms with van der Waals surface area (Å²) in [5.74, 6) is 0.432. The minimum atomic E-state index is -0.889. The molecule has 1 heterocycles. The molecule has 55 valence electrons. The Morgan fingerprint density at radius 1 is 1.80 bits per heavy atom. The van der Waals surface area contributed by atoms with Gasteiger partial charge in [0.05, 0.1) is 12.9 Å². The molecule has 0 bridgehead atoms. The molecule has 0 aromatic carbocycles. The zero-order chi connectivity index (χ0) is 7.40. The molecule has 0 spiro atoms. The van der Waals surface area contributed by atoms with Crippen molar-refractivity contribution in [2.45, 2.75) is 6.10 Å². The first-order valence-electron chi connectivity index (χ1n) is 3.02. The Hall–Kier alpha value is -0.800. The minimum Gasteiger partial charge on any atom is -0.466 e. The number of furan rings is 1. The zero-order valence-corrected chi connectivity index (χ0v) is 5.74. The molecule has 1 rings (SSSR count).